The molecule has 2 aromatic rings. The number of unbranched alkanes of at least 4 members (excludes halogenated alkanes) is 9. The van der Waals surface area contributed by atoms with Gasteiger partial charge in [-0.05, 0) is 13.3 Å². The summed E-state index contributed by atoms with van der Waals surface area (Å²) in [7, 11) is 0. The minimum atomic E-state index is -1.25. The number of hydrogen-bond acceptors (Lipinski definition) is 12. The summed E-state index contributed by atoms with van der Waals surface area (Å²) in [5, 5.41) is 16.0. The van der Waals surface area contributed by atoms with Gasteiger partial charge in [0.2, 0.25) is 11.5 Å². The van der Waals surface area contributed by atoms with Crippen LogP contribution in [-0.2, 0) is 30.5 Å². The monoisotopic (exact) mass is 702 g/mol. The van der Waals surface area contributed by atoms with E-state index in [4.69, 9.17) is 15.3 Å². The molecule has 4 N–H and O–H groups in total. The molecule has 0 aliphatic carbocycles. The van der Waals surface area contributed by atoms with E-state index in [1.807, 2.05) is 0 Å². The highest BCUT2D eigenvalue weighted by Gasteiger charge is 2.55. The lowest BCUT2D eigenvalue weighted by atomic mass is 10.0. The first kappa shape index (κ1) is 36.8. The highest BCUT2D eigenvalue weighted by Crippen LogP contribution is 2.40. The minimum Gasteiger partial charge on any atom is -0.477 e. The summed E-state index contributed by atoms with van der Waals surface area (Å²) < 4.78 is 11.2. The lowest BCUT2D eigenvalue weighted by Gasteiger charge is -2.49. The predicted molar refractivity (Wildman–Crippen MR) is 181 cm³/mol. The number of nitrogen functional groups attached to an aromatic ring is 1. The molecule has 14 nitrogen and oxygen atoms in total. The predicted octanol–water partition coefficient (Wildman–Crippen LogP) is 3.66. The van der Waals surface area contributed by atoms with Crippen molar-refractivity contribution >= 4 is 57.9 Å². The van der Waals surface area contributed by atoms with Gasteiger partial charge in [0.1, 0.15) is 23.7 Å². The van der Waals surface area contributed by atoms with E-state index in [1.54, 1.807) is 36.0 Å². The van der Waals surface area contributed by atoms with Gasteiger partial charge in [0, 0.05) is 35.0 Å². The van der Waals surface area contributed by atoms with Crippen molar-refractivity contribution in [1.29, 1.82) is 0 Å². The Hall–Kier alpha value is -4.05. The number of aliphatic carboxylic acids is 1. The maximum atomic E-state index is 13.2. The molecule has 0 radical (unpaired) electrons. The second-order valence-electron chi connectivity index (χ2n) is 11.5. The highest BCUT2D eigenvalue weighted by molar-refractivity contribution is 8.00. The normalized spacial score (nSPS) is 17.5. The molecule has 4 heterocycles. The van der Waals surface area contributed by atoms with Crippen LogP contribution in [0.15, 0.2) is 41.0 Å². The molecule has 1 fully saturated rings. The number of hydrogen-bond donors (Lipinski definition) is 3. The van der Waals surface area contributed by atoms with Crippen molar-refractivity contribution in [2.24, 2.45) is 5.16 Å². The Morgan fingerprint density at radius 3 is 2.35 bits per heavy atom. The maximum Gasteiger partial charge on any atom is 0.352 e. The van der Waals surface area contributed by atoms with Gasteiger partial charge >= 0.3 is 11.9 Å². The third-order valence-electron chi connectivity index (χ3n) is 7.92. The van der Waals surface area contributed by atoms with Crippen molar-refractivity contribution in [3.05, 3.63) is 47.2 Å². The number of carboxylic acids is 1. The number of ether oxygens (including phenoxy) is 1. The number of fused-ring (bicyclic) bond motifs is 1. The number of anilines is 1. The van der Waals surface area contributed by atoms with E-state index >= 15 is 0 Å². The Kier molecular flexibility index (Phi) is 14.2. The summed E-state index contributed by atoms with van der Waals surface area (Å²) >= 11 is 2.22. The van der Waals surface area contributed by atoms with Gasteiger partial charge in [0.15, 0.2) is 24.1 Å². The smallest absolute Gasteiger partial charge is 0.352 e. The Labute approximate surface area is 288 Å². The Morgan fingerprint density at radius 2 is 1.75 bits per heavy atom. The summed E-state index contributed by atoms with van der Waals surface area (Å²) in [4.78, 5) is 61.3. The summed E-state index contributed by atoms with van der Waals surface area (Å²) in [5.74, 6) is -2.69. The molecule has 1 saturated heterocycles. The van der Waals surface area contributed by atoms with Crippen LogP contribution in [0, 0.1) is 0 Å². The van der Waals surface area contributed by atoms with Crippen molar-refractivity contribution in [1.82, 2.24) is 19.6 Å². The standard InChI is InChI=1S/C32H43N7O7S2/c1-3-5-6-7-8-9-10-11-12-13-18-45-31(44)21-14-16-38(17-15-21)19-22-20-47-29-24(28(41)39(29)25(22)30(42)43)34-27(40)23(36-46-4-2)26-35-32(33)48-37-26/h14-17,24,29H,3-13,18-20H2,1-2H3,(H3-,33,34,35,37,40,42,43)/p+1/t24?,29-/m1/s1. The largest absolute Gasteiger partial charge is 0.477 e. The van der Waals surface area contributed by atoms with E-state index < -0.39 is 35.2 Å². The van der Waals surface area contributed by atoms with Crippen LogP contribution >= 0.6 is 23.3 Å². The van der Waals surface area contributed by atoms with E-state index in [2.05, 4.69) is 26.8 Å². The molecule has 2 aliphatic rings. The SMILES string of the molecule is CCCCCCCCCCCCOC(=O)c1cc[n+](CC2=C(C(=O)O)N3C(=O)C(NC(=O)C(=NOCC)c4nsc(N)n4)[C@H]3SC2)cc1. The number of aromatic nitrogens is 3. The summed E-state index contributed by atoms with van der Waals surface area (Å²) in [6, 6.07) is 2.28. The average molecular weight is 703 g/mol. The molecule has 0 saturated carbocycles. The third kappa shape index (κ3) is 9.75. The van der Waals surface area contributed by atoms with E-state index in [0.717, 1.165) is 30.8 Å². The van der Waals surface area contributed by atoms with Crippen LogP contribution in [0.5, 0.6) is 0 Å². The van der Waals surface area contributed by atoms with Crippen molar-refractivity contribution in [2.45, 2.75) is 96.0 Å². The number of esters is 1. The van der Waals surface area contributed by atoms with E-state index in [1.165, 1.54) is 61.6 Å². The number of carboxylic acid groups (broad SMARTS) is 1. The van der Waals surface area contributed by atoms with E-state index in [0.29, 0.717) is 23.5 Å². The fourth-order valence-corrected chi connectivity index (χ4v) is 7.19. The molecule has 2 aliphatic heterocycles. The number of pyridine rings is 1. The number of β-lactam (4-membered cyclic amide) rings is 1. The molecule has 2 amide bonds. The fourth-order valence-electron chi connectivity index (χ4n) is 5.42. The molecule has 0 bridgehead atoms. The number of carbonyl (C=O) groups is 4. The first-order valence-corrected chi connectivity index (χ1v) is 18.2. The number of amides is 2. The zero-order chi connectivity index (χ0) is 34.5. The number of nitrogens with two attached hydrogens (primary N) is 1. The van der Waals surface area contributed by atoms with Crippen LogP contribution in [0.1, 0.15) is 94.2 Å². The molecule has 1 unspecified atom stereocenters. The maximum absolute atomic E-state index is 13.2. The third-order valence-corrected chi connectivity index (χ3v) is 9.80. The van der Waals surface area contributed by atoms with Gasteiger partial charge in [-0.25, -0.2) is 14.2 Å². The van der Waals surface area contributed by atoms with Crippen LogP contribution in [0.25, 0.3) is 0 Å². The Morgan fingerprint density at radius 1 is 1.08 bits per heavy atom. The molecule has 2 aromatic heterocycles. The Balaban J connectivity index is 1.28. The van der Waals surface area contributed by atoms with Crippen molar-refractivity contribution in [2.75, 3.05) is 24.7 Å². The van der Waals surface area contributed by atoms with Gasteiger partial charge in [-0.15, -0.1) is 11.8 Å². The fraction of sp³-hybridized carbons (Fsp3) is 0.562. The highest BCUT2D eigenvalue weighted by atomic mass is 32.2. The van der Waals surface area contributed by atoms with Gasteiger partial charge in [-0.1, -0.05) is 69.9 Å². The van der Waals surface area contributed by atoms with Crippen LogP contribution in [0.3, 0.4) is 0 Å². The minimum absolute atomic E-state index is 0.0397. The number of carbonyl (C=O) groups excluding carboxylic acids is 3. The van der Waals surface area contributed by atoms with Gasteiger partial charge in [-0.3, -0.25) is 14.5 Å². The summed E-state index contributed by atoms with van der Waals surface area (Å²) in [6.45, 7) is 4.66. The van der Waals surface area contributed by atoms with Crippen molar-refractivity contribution < 1.29 is 38.4 Å². The van der Waals surface area contributed by atoms with E-state index in [-0.39, 0.29) is 35.5 Å². The first-order valence-electron chi connectivity index (χ1n) is 16.4. The van der Waals surface area contributed by atoms with Gasteiger partial charge < -0.3 is 25.7 Å². The number of rotatable bonds is 20. The molecule has 48 heavy (non-hydrogen) atoms. The lowest BCUT2D eigenvalue weighted by Crippen LogP contribution is -2.71. The van der Waals surface area contributed by atoms with Crippen molar-refractivity contribution in [3.63, 3.8) is 0 Å². The quantitative estimate of drug-likeness (QED) is 0.0456. The molecule has 4 rings (SSSR count). The van der Waals surface area contributed by atoms with Gasteiger partial charge in [-0.2, -0.15) is 9.36 Å². The summed E-state index contributed by atoms with van der Waals surface area (Å²) in [6.07, 6.45) is 15.4. The van der Waals surface area contributed by atoms with Crippen LogP contribution in [0.4, 0.5) is 5.13 Å². The Bertz CT molecular complexity index is 1500. The lowest BCUT2D eigenvalue weighted by molar-refractivity contribution is -0.689. The average Bonchev–Trinajstić information content (AvgIpc) is 3.51. The molecule has 16 heteroatoms. The molecule has 0 aromatic carbocycles. The number of thioether (sulfide) groups is 1. The van der Waals surface area contributed by atoms with Crippen molar-refractivity contribution in [3.8, 4) is 0 Å². The second kappa shape index (κ2) is 18.5. The van der Waals surface area contributed by atoms with Gasteiger partial charge in [0.25, 0.3) is 11.8 Å². The molecular weight excluding hydrogens is 659 g/mol. The zero-order valence-electron chi connectivity index (χ0n) is 27.4. The topological polar surface area (TPSA) is 190 Å². The second-order valence-corrected chi connectivity index (χ2v) is 13.4. The zero-order valence-corrected chi connectivity index (χ0v) is 29.0. The van der Waals surface area contributed by atoms with Crippen LogP contribution in [-0.4, -0.2) is 79.2 Å². The van der Waals surface area contributed by atoms with Crippen LogP contribution in [0.2, 0.25) is 0 Å². The van der Waals surface area contributed by atoms with E-state index in [9.17, 15) is 24.3 Å². The van der Waals surface area contributed by atoms with Gasteiger partial charge in [0.05, 0.1) is 12.2 Å². The molecule has 2 atom stereocenters. The van der Waals surface area contributed by atoms with Crippen LogP contribution < -0.4 is 15.6 Å². The number of oxime groups is 1. The molecular formula is C32H44N7O7S2+. The number of nitrogens with one attached hydrogen (secondary N) is 1. The number of nitrogens with zero attached hydrogens (tertiary/aromatic N) is 5. The molecule has 0 spiro atoms. The molecule has 260 valence electrons. The first-order chi connectivity index (χ1) is 23.2. The summed E-state index contributed by atoms with van der Waals surface area (Å²) in [5.41, 5.74) is 6.20.